The zero-order chi connectivity index (χ0) is 11.5. The predicted molar refractivity (Wildman–Crippen MR) is 60.0 cm³/mol. The lowest BCUT2D eigenvalue weighted by Gasteiger charge is -2.37. The number of carbonyl (C=O) groups excluding carboxylic acids is 1. The Morgan fingerprint density at radius 2 is 2.25 bits per heavy atom. The fourth-order valence-electron chi connectivity index (χ4n) is 2.00. The minimum absolute atomic E-state index is 0.0197. The van der Waals surface area contributed by atoms with Crippen molar-refractivity contribution in [3.05, 3.63) is 24.3 Å². The van der Waals surface area contributed by atoms with Gasteiger partial charge in [-0.1, -0.05) is 0 Å². The third-order valence-corrected chi connectivity index (χ3v) is 2.87. The predicted octanol–water partition coefficient (Wildman–Crippen LogP) is 0.253. The molecule has 1 aromatic rings. The Hall–Kier alpha value is -1.49. The molecular weight excluding hydrogens is 204 g/mol. The van der Waals surface area contributed by atoms with E-state index in [9.17, 15) is 4.79 Å². The Kier molecular flexibility index (Phi) is 3.14. The maximum absolute atomic E-state index is 12.1. The summed E-state index contributed by atoms with van der Waals surface area (Å²) in [5, 5.41) is 0. The second kappa shape index (κ2) is 4.57. The van der Waals surface area contributed by atoms with Crippen molar-refractivity contribution < 1.29 is 4.79 Å². The van der Waals surface area contributed by atoms with E-state index in [0.29, 0.717) is 5.69 Å². The van der Waals surface area contributed by atoms with Crippen LogP contribution in [-0.4, -0.2) is 58.4 Å². The molecule has 1 fully saturated rings. The quantitative estimate of drug-likeness (QED) is 0.681. The number of carbonyl (C=O) groups is 1. The molecule has 1 unspecified atom stereocenters. The monoisotopic (exact) mass is 220 g/mol. The van der Waals surface area contributed by atoms with E-state index in [1.807, 2.05) is 4.90 Å². The molecule has 5 heteroatoms. The van der Waals surface area contributed by atoms with Crippen LogP contribution in [0.25, 0.3) is 0 Å². The van der Waals surface area contributed by atoms with Crippen molar-refractivity contribution >= 4 is 5.91 Å². The third kappa shape index (κ3) is 2.19. The molecule has 0 spiro atoms. The summed E-state index contributed by atoms with van der Waals surface area (Å²) in [4.78, 5) is 24.2. The summed E-state index contributed by atoms with van der Waals surface area (Å²) < 4.78 is 0. The van der Waals surface area contributed by atoms with E-state index in [2.05, 4.69) is 28.8 Å². The molecule has 0 N–H and O–H groups in total. The van der Waals surface area contributed by atoms with Gasteiger partial charge < -0.3 is 9.80 Å². The van der Waals surface area contributed by atoms with Crippen molar-refractivity contribution in [2.45, 2.75) is 13.0 Å². The van der Waals surface area contributed by atoms with Crippen LogP contribution in [0.3, 0.4) is 0 Å². The largest absolute Gasteiger partial charge is 0.332 e. The van der Waals surface area contributed by atoms with Gasteiger partial charge in [0.1, 0.15) is 5.69 Å². The molecule has 1 amide bonds. The van der Waals surface area contributed by atoms with Crippen LogP contribution in [0.4, 0.5) is 0 Å². The van der Waals surface area contributed by atoms with E-state index in [4.69, 9.17) is 0 Å². The highest BCUT2D eigenvalue weighted by molar-refractivity contribution is 5.92. The lowest BCUT2D eigenvalue weighted by Crippen LogP contribution is -2.52. The first-order valence-corrected chi connectivity index (χ1v) is 5.44. The summed E-state index contributed by atoms with van der Waals surface area (Å²) in [7, 11) is 2.07. The van der Waals surface area contributed by atoms with Gasteiger partial charge in [-0.15, -0.1) is 0 Å². The van der Waals surface area contributed by atoms with E-state index in [1.165, 1.54) is 6.20 Å². The van der Waals surface area contributed by atoms with Crippen molar-refractivity contribution in [1.82, 2.24) is 19.8 Å². The molecule has 0 aliphatic carbocycles. The molecule has 0 saturated carbocycles. The SMILES string of the molecule is CC1CN(C)CCN1C(=O)c1cnccn1. The molecule has 86 valence electrons. The van der Waals surface area contributed by atoms with Crippen LogP contribution in [-0.2, 0) is 0 Å². The van der Waals surface area contributed by atoms with Crippen molar-refractivity contribution in [2.24, 2.45) is 0 Å². The van der Waals surface area contributed by atoms with Gasteiger partial charge in [-0.25, -0.2) is 4.98 Å². The highest BCUT2D eigenvalue weighted by Gasteiger charge is 2.27. The molecule has 1 aromatic heterocycles. The number of hydrogen-bond donors (Lipinski definition) is 0. The summed E-state index contributed by atoms with van der Waals surface area (Å²) in [6, 6.07) is 0.230. The van der Waals surface area contributed by atoms with E-state index >= 15 is 0 Å². The fourth-order valence-corrected chi connectivity index (χ4v) is 2.00. The number of hydrogen-bond acceptors (Lipinski definition) is 4. The summed E-state index contributed by atoms with van der Waals surface area (Å²) in [5.74, 6) is -0.0197. The van der Waals surface area contributed by atoms with Gasteiger partial charge in [0.05, 0.1) is 6.20 Å². The Labute approximate surface area is 95.1 Å². The van der Waals surface area contributed by atoms with Gasteiger partial charge >= 0.3 is 0 Å². The topological polar surface area (TPSA) is 49.3 Å². The summed E-state index contributed by atoms with van der Waals surface area (Å²) >= 11 is 0. The van der Waals surface area contributed by atoms with Gasteiger partial charge in [0, 0.05) is 38.1 Å². The fraction of sp³-hybridized carbons (Fsp3) is 0.545. The molecule has 2 heterocycles. The molecule has 0 aromatic carbocycles. The highest BCUT2D eigenvalue weighted by Crippen LogP contribution is 2.11. The van der Waals surface area contributed by atoms with Gasteiger partial charge in [-0.2, -0.15) is 0 Å². The highest BCUT2D eigenvalue weighted by atomic mass is 16.2. The van der Waals surface area contributed by atoms with Crippen LogP contribution < -0.4 is 0 Å². The molecule has 1 aliphatic heterocycles. The molecule has 2 rings (SSSR count). The van der Waals surface area contributed by atoms with E-state index in [0.717, 1.165) is 19.6 Å². The van der Waals surface area contributed by atoms with Crippen molar-refractivity contribution in [3.63, 3.8) is 0 Å². The Morgan fingerprint density at radius 1 is 1.44 bits per heavy atom. The Morgan fingerprint density at radius 3 is 2.88 bits per heavy atom. The maximum atomic E-state index is 12.1. The smallest absolute Gasteiger partial charge is 0.274 e. The van der Waals surface area contributed by atoms with Gasteiger partial charge in [0.2, 0.25) is 0 Å². The minimum Gasteiger partial charge on any atom is -0.332 e. The molecular formula is C11H16N4O. The van der Waals surface area contributed by atoms with Crippen LogP contribution in [0.1, 0.15) is 17.4 Å². The molecule has 1 aliphatic rings. The molecule has 16 heavy (non-hydrogen) atoms. The number of amides is 1. The van der Waals surface area contributed by atoms with Crippen molar-refractivity contribution in [1.29, 1.82) is 0 Å². The van der Waals surface area contributed by atoms with E-state index in [-0.39, 0.29) is 11.9 Å². The van der Waals surface area contributed by atoms with Crippen LogP contribution in [0, 0.1) is 0 Å². The first-order valence-electron chi connectivity index (χ1n) is 5.44. The first-order chi connectivity index (χ1) is 7.68. The summed E-state index contributed by atoms with van der Waals surface area (Å²) in [6.07, 6.45) is 4.64. The number of aromatic nitrogens is 2. The van der Waals surface area contributed by atoms with Gasteiger partial charge in [0.25, 0.3) is 5.91 Å². The number of rotatable bonds is 1. The van der Waals surface area contributed by atoms with Crippen molar-refractivity contribution in [2.75, 3.05) is 26.7 Å². The lowest BCUT2D eigenvalue weighted by atomic mass is 10.2. The molecule has 0 radical (unpaired) electrons. The summed E-state index contributed by atoms with van der Waals surface area (Å²) in [5.41, 5.74) is 0.430. The zero-order valence-corrected chi connectivity index (χ0v) is 9.63. The number of likely N-dealkylation sites (N-methyl/N-ethyl adjacent to an activating group) is 1. The molecule has 1 atom stereocenters. The van der Waals surface area contributed by atoms with Crippen LogP contribution in [0.2, 0.25) is 0 Å². The van der Waals surface area contributed by atoms with E-state index in [1.54, 1.807) is 12.4 Å². The molecule has 0 bridgehead atoms. The Balaban J connectivity index is 2.11. The van der Waals surface area contributed by atoms with Crippen LogP contribution in [0.15, 0.2) is 18.6 Å². The van der Waals surface area contributed by atoms with Crippen molar-refractivity contribution in [3.8, 4) is 0 Å². The third-order valence-electron chi connectivity index (χ3n) is 2.87. The number of piperazine rings is 1. The average molecular weight is 220 g/mol. The van der Waals surface area contributed by atoms with E-state index < -0.39 is 0 Å². The normalized spacial score (nSPS) is 22.1. The second-order valence-electron chi connectivity index (χ2n) is 4.20. The lowest BCUT2D eigenvalue weighted by molar-refractivity contribution is 0.0527. The van der Waals surface area contributed by atoms with Gasteiger partial charge in [0.15, 0.2) is 0 Å². The molecule has 5 nitrogen and oxygen atoms in total. The maximum Gasteiger partial charge on any atom is 0.274 e. The average Bonchev–Trinajstić information content (AvgIpc) is 2.29. The Bertz CT molecular complexity index is 368. The second-order valence-corrected chi connectivity index (χ2v) is 4.20. The van der Waals surface area contributed by atoms with Gasteiger partial charge in [-0.3, -0.25) is 9.78 Å². The molecule has 1 saturated heterocycles. The minimum atomic E-state index is -0.0197. The first kappa shape index (κ1) is 11.0. The van der Waals surface area contributed by atoms with Gasteiger partial charge in [-0.05, 0) is 14.0 Å². The number of nitrogens with zero attached hydrogens (tertiary/aromatic N) is 4. The zero-order valence-electron chi connectivity index (χ0n) is 9.63. The standard InChI is InChI=1S/C11H16N4O/c1-9-8-14(2)5-6-15(9)11(16)10-7-12-3-4-13-10/h3-4,7,9H,5-6,8H2,1-2H3. The van der Waals surface area contributed by atoms with Crippen LogP contribution >= 0.6 is 0 Å². The van der Waals surface area contributed by atoms with Crippen LogP contribution in [0.5, 0.6) is 0 Å². The summed E-state index contributed by atoms with van der Waals surface area (Å²) in [6.45, 7) is 4.64.